The number of halogens is 1. The number of hydrogen-bond donors (Lipinski definition) is 2. The van der Waals surface area contributed by atoms with E-state index in [1.807, 2.05) is 0 Å². The fourth-order valence-corrected chi connectivity index (χ4v) is 3.92. The Labute approximate surface area is 168 Å². The van der Waals surface area contributed by atoms with Crippen LogP contribution in [0.5, 0.6) is 0 Å². The van der Waals surface area contributed by atoms with Crippen LogP contribution in [0.1, 0.15) is 20.8 Å². The van der Waals surface area contributed by atoms with Crippen LogP contribution in [0.25, 0.3) is 16.7 Å². The Hall–Kier alpha value is -3.23. The molecule has 140 valence electrons. The minimum Gasteiger partial charge on any atom is -0.354 e. The van der Waals surface area contributed by atoms with E-state index in [4.69, 9.17) is 11.6 Å². The monoisotopic (exact) mass is 411 g/mol. The molecule has 0 unspecified atom stereocenters. The summed E-state index contributed by atoms with van der Waals surface area (Å²) in [5, 5.41) is 5.37. The molecule has 0 aliphatic carbocycles. The Balaban J connectivity index is 1.92. The highest BCUT2D eigenvalue weighted by Crippen LogP contribution is 2.21. The molecule has 28 heavy (non-hydrogen) atoms. The van der Waals surface area contributed by atoms with E-state index >= 15 is 0 Å². The second kappa shape index (κ2) is 7.41. The molecule has 0 spiro atoms. The number of amides is 2. The smallest absolute Gasteiger partial charge is 0.280 e. The SMILES string of the molecule is CNC(=O)c1csc(=NC(=O)c2ccnc3[nH]ccc23)n1-c1ccccc1Cl. The zero-order valence-electron chi connectivity index (χ0n) is 14.6. The molecule has 7 nitrogen and oxygen atoms in total. The quantitative estimate of drug-likeness (QED) is 0.542. The van der Waals surface area contributed by atoms with Crippen LogP contribution >= 0.6 is 22.9 Å². The lowest BCUT2D eigenvalue weighted by Gasteiger charge is -2.09. The van der Waals surface area contributed by atoms with Crippen molar-refractivity contribution < 1.29 is 9.59 Å². The molecule has 0 saturated heterocycles. The summed E-state index contributed by atoms with van der Waals surface area (Å²) in [5.74, 6) is -0.736. The van der Waals surface area contributed by atoms with Gasteiger partial charge in [0.1, 0.15) is 11.3 Å². The van der Waals surface area contributed by atoms with Gasteiger partial charge in [-0.1, -0.05) is 23.7 Å². The van der Waals surface area contributed by atoms with E-state index in [1.165, 1.54) is 11.3 Å². The molecule has 0 bridgehead atoms. The molecule has 0 fully saturated rings. The molecule has 9 heteroatoms. The molecule has 0 radical (unpaired) electrons. The Morgan fingerprint density at radius 1 is 1.25 bits per heavy atom. The third-order valence-corrected chi connectivity index (χ3v) is 5.29. The molecular formula is C19H14ClN5O2S. The van der Waals surface area contributed by atoms with Gasteiger partial charge in [0, 0.05) is 30.2 Å². The van der Waals surface area contributed by atoms with Gasteiger partial charge < -0.3 is 10.3 Å². The molecule has 3 aromatic heterocycles. The number of benzene rings is 1. The van der Waals surface area contributed by atoms with Crippen LogP contribution in [0.2, 0.25) is 5.02 Å². The average molecular weight is 412 g/mol. The first-order chi connectivity index (χ1) is 13.6. The molecule has 3 heterocycles. The number of para-hydroxylation sites is 1. The highest BCUT2D eigenvalue weighted by molar-refractivity contribution is 7.07. The van der Waals surface area contributed by atoms with Gasteiger partial charge in [-0.25, -0.2) is 4.98 Å². The first-order valence-electron chi connectivity index (χ1n) is 8.29. The summed E-state index contributed by atoms with van der Waals surface area (Å²) in [6.07, 6.45) is 3.27. The van der Waals surface area contributed by atoms with E-state index in [2.05, 4.69) is 20.3 Å². The molecule has 2 N–H and O–H groups in total. The lowest BCUT2D eigenvalue weighted by Crippen LogP contribution is -2.26. The van der Waals surface area contributed by atoms with Crippen molar-refractivity contribution in [2.75, 3.05) is 7.05 Å². The van der Waals surface area contributed by atoms with Gasteiger partial charge in [0.05, 0.1) is 16.3 Å². The van der Waals surface area contributed by atoms with Crippen molar-refractivity contribution in [2.24, 2.45) is 4.99 Å². The maximum atomic E-state index is 12.9. The van der Waals surface area contributed by atoms with Crippen molar-refractivity contribution in [3.63, 3.8) is 0 Å². The molecular weight excluding hydrogens is 398 g/mol. The maximum absolute atomic E-state index is 12.9. The van der Waals surface area contributed by atoms with Gasteiger partial charge in [-0.3, -0.25) is 14.2 Å². The molecule has 1 aromatic carbocycles. The van der Waals surface area contributed by atoms with Crippen LogP contribution in [0.4, 0.5) is 0 Å². The number of rotatable bonds is 3. The number of thiazole rings is 1. The topological polar surface area (TPSA) is 92.1 Å². The third-order valence-electron chi connectivity index (χ3n) is 4.15. The largest absolute Gasteiger partial charge is 0.354 e. The molecule has 4 rings (SSSR count). The maximum Gasteiger partial charge on any atom is 0.280 e. The van der Waals surface area contributed by atoms with Gasteiger partial charge >= 0.3 is 0 Å². The number of fused-ring (bicyclic) bond motifs is 1. The summed E-state index contributed by atoms with van der Waals surface area (Å²) in [6, 6.07) is 10.5. The van der Waals surface area contributed by atoms with E-state index in [0.29, 0.717) is 37.8 Å². The lowest BCUT2D eigenvalue weighted by molar-refractivity contribution is 0.0952. The second-order valence-corrected chi connectivity index (χ2v) is 7.03. The molecule has 0 saturated carbocycles. The van der Waals surface area contributed by atoms with Crippen LogP contribution in [0, 0.1) is 0 Å². The van der Waals surface area contributed by atoms with Crippen molar-refractivity contribution in [1.82, 2.24) is 19.9 Å². The summed E-state index contributed by atoms with van der Waals surface area (Å²) in [4.78, 5) is 37.0. The van der Waals surface area contributed by atoms with Gasteiger partial charge in [0.25, 0.3) is 11.8 Å². The van der Waals surface area contributed by atoms with Gasteiger partial charge in [0.2, 0.25) is 0 Å². The highest BCUT2D eigenvalue weighted by atomic mass is 35.5. The number of nitrogens with one attached hydrogen (secondary N) is 2. The van der Waals surface area contributed by atoms with E-state index in [0.717, 1.165) is 0 Å². The highest BCUT2D eigenvalue weighted by Gasteiger charge is 2.17. The van der Waals surface area contributed by atoms with E-state index in [-0.39, 0.29) is 5.91 Å². The Morgan fingerprint density at radius 2 is 2.07 bits per heavy atom. The van der Waals surface area contributed by atoms with Crippen molar-refractivity contribution in [3.8, 4) is 5.69 Å². The lowest BCUT2D eigenvalue weighted by atomic mass is 10.2. The Morgan fingerprint density at radius 3 is 2.86 bits per heavy atom. The first kappa shape index (κ1) is 18.1. The van der Waals surface area contributed by atoms with Crippen LogP contribution in [-0.4, -0.2) is 33.4 Å². The summed E-state index contributed by atoms with van der Waals surface area (Å²) < 4.78 is 1.58. The van der Waals surface area contributed by atoms with Crippen LogP contribution in [0.3, 0.4) is 0 Å². The molecule has 0 aliphatic heterocycles. The van der Waals surface area contributed by atoms with Crippen LogP contribution in [-0.2, 0) is 0 Å². The van der Waals surface area contributed by atoms with Crippen molar-refractivity contribution in [3.05, 3.63) is 75.3 Å². The van der Waals surface area contributed by atoms with Crippen LogP contribution < -0.4 is 10.1 Å². The number of hydrogen-bond acceptors (Lipinski definition) is 4. The Kier molecular flexibility index (Phi) is 4.81. The standard InChI is InChI=1S/C19H14ClN5O2S/c1-21-18(27)15-10-28-19(25(15)14-5-3-2-4-13(14)20)24-17(26)12-7-9-23-16-11(12)6-8-22-16/h2-10H,1H3,(H,21,27)(H,22,23). The summed E-state index contributed by atoms with van der Waals surface area (Å²) in [6.45, 7) is 0. The van der Waals surface area contributed by atoms with Crippen LogP contribution in [0.15, 0.2) is 59.2 Å². The zero-order chi connectivity index (χ0) is 19.7. The van der Waals surface area contributed by atoms with Gasteiger partial charge in [-0.2, -0.15) is 4.99 Å². The first-order valence-corrected chi connectivity index (χ1v) is 9.54. The predicted molar refractivity (Wildman–Crippen MR) is 108 cm³/mol. The zero-order valence-corrected chi connectivity index (χ0v) is 16.2. The fourth-order valence-electron chi connectivity index (χ4n) is 2.84. The number of H-pyrrole nitrogens is 1. The summed E-state index contributed by atoms with van der Waals surface area (Å²) >= 11 is 7.52. The number of aromatic nitrogens is 3. The normalized spacial score (nSPS) is 11.7. The average Bonchev–Trinajstić information content (AvgIpc) is 3.34. The van der Waals surface area contributed by atoms with Gasteiger partial charge in [-0.15, -0.1) is 11.3 Å². The van der Waals surface area contributed by atoms with Crippen molar-refractivity contribution in [2.45, 2.75) is 0 Å². The van der Waals surface area contributed by atoms with E-state index < -0.39 is 5.91 Å². The van der Waals surface area contributed by atoms with Gasteiger partial charge in [-0.05, 0) is 24.3 Å². The summed E-state index contributed by atoms with van der Waals surface area (Å²) in [7, 11) is 1.54. The van der Waals surface area contributed by atoms with E-state index in [1.54, 1.807) is 65.8 Å². The predicted octanol–water partition coefficient (Wildman–Crippen LogP) is 3.17. The molecule has 4 aromatic rings. The number of aromatic amines is 1. The van der Waals surface area contributed by atoms with E-state index in [9.17, 15) is 9.59 Å². The third kappa shape index (κ3) is 3.12. The number of pyridine rings is 1. The minimum absolute atomic E-state index is 0.304. The molecule has 0 aliphatic rings. The van der Waals surface area contributed by atoms with Crippen molar-refractivity contribution >= 4 is 45.8 Å². The minimum atomic E-state index is -0.432. The fraction of sp³-hybridized carbons (Fsp3) is 0.0526. The summed E-state index contributed by atoms with van der Waals surface area (Å²) in [5.41, 5.74) is 1.94. The molecule has 0 atom stereocenters. The second-order valence-electron chi connectivity index (χ2n) is 5.78. The number of carbonyl (C=O) groups is 2. The number of carbonyl (C=O) groups excluding carboxylic acids is 2. The molecule has 2 amide bonds. The van der Waals surface area contributed by atoms with Gasteiger partial charge in [0.15, 0.2) is 4.80 Å². The Bertz CT molecular complexity index is 1270. The number of nitrogens with zero attached hydrogens (tertiary/aromatic N) is 3. The van der Waals surface area contributed by atoms with Crippen molar-refractivity contribution in [1.29, 1.82) is 0 Å².